The molecule has 0 spiro atoms. The summed E-state index contributed by atoms with van der Waals surface area (Å²) < 4.78 is 5.14. The van der Waals surface area contributed by atoms with Crippen LogP contribution >= 0.6 is 0 Å². The summed E-state index contributed by atoms with van der Waals surface area (Å²) in [6.07, 6.45) is 1.38. The minimum Gasteiger partial charge on any atom is -0.380 e. The highest BCUT2D eigenvalue weighted by Crippen LogP contribution is 2.11. The summed E-state index contributed by atoms with van der Waals surface area (Å²) in [5.41, 5.74) is 2.08. The lowest BCUT2D eigenvalue weighted by molar-refractivity contribution is 0.184. The van der Waals surface area contributed by atoms with Crippen LogP contribution in [0.2, 0.25) is 0 Å². The molecule has 18 heavy (non-hydrogen) atoms. The van der Waals surface area contributed by atoms with Crippen LogP contribution in [0.15, 0.2) is 41.5 Å². The highest BCUT2D eigenvalue weighted by Gasteiger charge is 2.01. The number of aromatic amines is 1. The molecule has 0 fully saturated rings. The third-order valence-corrected chi connectivity index (χ3v) is 2.56. The van der Waals surface area contributed by atoms with E-state index in [9.17, 15) is 4.79 Å². The summed E-state index contributed by atoms with van der Waals surface area (Å²) in [6, 6.07) is 9.42. The number of aromatic nitrogens is 2. The van der Waals surface area contributed by atoms with Crippen molar-refractivity contribution in [1.29, 1.82) is 0 Å². The van der Waals surface area contributed by atoms with Crippen LogP contribution in [0.25, 0.3) is 0 Å². The Morgan fingerprint density at radius 2 is 2.11 bits per heavy atom. The Labute approximate surface area is 105 Å². The van der Waals surface area contributed by atoms with E-state index in [0.29, 0.717) is 19.0 Å². The van der Waals surface area contributed by atoms with Crippen LogP contribution < -0.4 is 10.9 Å². The van der Waals surface area contributed by atoms with E-state index in [1.54, 1.807) is 7.11 Å². The Kier molecular flexibility index (Phi) is 4.09. The van der Waals surface area contributed by atoms with Crippen LogP contribution in [-0.2, 0) is 17.9 Å². The number of anilines is 1. The molecule has 0 unspecified atom stereocenters. The quantitative estimate of drug-likeness (QED) is 0.838. The number of ether oxygens (including phenoxy) is 1. The second-order valence-electron chi connectivity index (χ2n) is 3.85. The van der Waals surface area contributed by atoms with Gasteiger partial charge in [0.25, 0.3) is 5.56 Å². The van der Waals surface area contributed by atoms with Crippen LogP contribution in [0.5, 0.6) is 0 Å². The summed E-state index contributed by atoms with van der Waals surface area (Å²) in [4.78, 5) is 17.6. The molecule has 0 aliphatic heterocycles. The van der Waals surface area contributed by atoms with Gasteiger partial charge in [-0.15, -0.1) is 0 Å². The van der Waals surface area contributed by atoms with E-state index in [1.807, 2.05) is 24.3 Å². The maximum Gasteiger partial charge on any atom is 0.252 e. The molecule has 5 nitrogen and oxygen atoms in total. The predicted octanol–water partition coefficient (Wildman–Crippen LogP) is 1.53. The maximum absolute atomic E-state index is 11.1. The third kappa shape index (κ3) is 3.18. The van der Waals surface area contributed by atoms with Crippen LogP contribution in [0, 0.1) is 0 Å². The SMILES string of the molecule is COCc1ccccc1CNc1cc(=O)[nH]cn1. The molecule has 0 saturated carbocycles. The van der Waals surface area contributed by atoms with Crippen molar-refractivity contribution in [3.8, 4) is 0 Å². The standard InChI is InChI=1S/C13H15N3O2/c1-18-8-11-5-3-2-4-10(11)7-14-12-6-13(17)16-9-15-12/h2-6,9H,7-8H2,1H3,(H2,14,15,16,17). The highest BCUT2D eigenvalue weighted by atomic mass is 16.5. The lowest BCUT2D eigenvalue weighted by Crippen LogP contribution is -2.10. The molecule has 1 aromatic heterocycles. The van der Waals surface area contributed by atoms with Gasteiger partial charge >= 0.3 is 0 Å². The van der Waals surface area contributed by atoms with Gasteiger partial charge in [0.15, 0.2) is 0 Å². The monoisotopic (exact) mass is 245 g/mol. The predicted molar refractivity (Wildman–Crippen MR) is 69.3 cm³/mol. The minimum atomic E-state index is -0.169. The number of hydrogen-bond donors (Lipinski definition) is 2. The van der Waals surface area contributed by atoms with Gasteiger partial charge in [0.05, 0.1) is 12.9 Å². The van der Waals surface area contributed by atoms with Crippen LogP contribution in [0.4, 0.5) is 5.82 Å². The van der Waals surface area contributed by atoms with Gasteiger partial charge in [-0.05, 0) is 11.1 Å². The van der Waals surface area contributed by atoms with Gasteiger partial charge in [-0.3, -0.25) is 4.79 Å². The second-order valence-corrected chi connectivity index (χ2v) is 3.85. The van der Waals surface area contributed by atoms with Gasteiger partial charge < -0.3 is 15.0 Å². The number of hydrogen-bond acceptors (Lipinski definition) is 4. The molecule has 0 saturated heterocycles. The molecule has 0 aliphatic carbocycles. The van der Waals surface area contributed by atoms with Crippen molar-refractivity contribution < 1.29 is 4.74 Å². The molecule has 2 rings (SSSR count). The van der Waals surface area contributed by atoms with E-state index in [2.05, 4.69) is 15.3 Å². The molecular formula is C13H15N3O2. The lowest BCUT2D eigenvalue weighted by atomic mass is 10.1. The molecular weight excluding hydrogens is 230 g/mol. The fraction of sp³-hybridized carbons (Fsp3) is 0.231. The Morgan fingerprint density at radius 3 is 2.83 bits per heavy atom. The summed E-state index contributed by atoms with van der Waals surface area (Å²) in [6.45, 7) is 1.18. The van der Waals surface area contributed by atoms with Gasteiger partial charge in [-0.2, -0.15) is 0 Å². The third-order valence-electron chi connectivity index (χ3n) is 2.56. The zero-order chi connectivity index (χ0) is 12.8. The molecule has 0 aliphatic rings. The number of benzene rings is 1. The first-order valence-electron chi connectivity index (χ1n) is 5.64. The molecule has 1 heterocycles. The Hall–Kier alpha value is -2.14. The van der Waals surface area contributed by atoms with Crippen molar-refractivity contribution in [3.05, 3.63) is 58.1 Å². The summed E-state index contributed by atoms with van der Waals surface area (Å²) in [5, 5.41) is 3.11. The average molecular weight is 245 g/mol. The molecule has 1 aromatic carbocycles. The summed E-state index contributed by atoms with van der Waals surface area (Å²) in [7, 11) is 1.67. The molecule has 2 N–H and O–H groups in total. The molecule has 0 radical (unpaired) electrons. The van der Waals surface area contributed by atoms with Crippen molar-refractivity contribution in [3.63, 3.8) is 0 Å². The van der Waals surface area contributed by atoms with Gasteiger partial charge in [-0.25, -0.2) is 4.98 Å². The number of methoxy groups -OCH3 is 1. The maximum atomic E-state index is 11.1. The van der Waals surface area contributed by atoms with Crippen molar-refractivity contribution >= 4 is 5.82 Å². The smallest absolute Gasteiger partial charge is 0.252 e. The molecule has 2 aromatic rings. The van der Waals surface area contributed by atoms with Gasteiger partial charge in [-0.1, -0.05) is 24.3 Å². The first-order chi connectivity index (χ1) is 8.79. The Balaban J connectivity index is 2.08. The number of nitrogens with zero attached hydrogens (tertiary/aromatic N) is 1. The zero-order valence-corrected chi connectivity index (χ0v) is 10.1. The molecule has 0 bridgehead atoms. The Morgan fingerprint density at radius 1 is 1.33 bits per heavy atom. The summed E-state index contributed by atoms with van der Waals surface area (Å²) >= 11 is 0. The fourth-order valence-electron chi connectivity index (χ4n) is 1.68. The topological polar surface area (TPSA) is 67.0 Å². The number of nitrogens with one attached hydrogen (secondary N) is 2. The van der Waals surface area contributed by atoms with E-state index in [0.717, 1.165) is 11.1 Å². The van der Waals surface area contributed by atoms with E-state index < -0.39 is 0 Å². The van der Waals surface area contributed by atoms with E-state index in [4.69, 9.17) is 4.74 Å². The number of rotatable bonds is 5. The van der Waals surface area contributed by atoms with Crippen LogP contribution in [0.1, 0.15) is 11.1 Å². The first kappa shape index (κ1) is 12.3. The molecule has 0 atom stereocenters. The normalized spacial score (nSPS) is 10.3. The summed E-state index contributed by atoms with van der Waals surface area (Å²) in [5.74, 6) is 0.561. The first-order valence-corrected chi connectivity index (χ1v) is 5.64. The van der Waals surface area contributed by atoms with E-state index in [1.165, 1.54) is 12.4 Å². The van der Waals surface area contributed by atoms with Crippen molar-refractivity contribution in [2.24, 2.45) is 0 Å². The van der Waals surface area contributed by atoms with Crippen molar-refractivity contribution in [2.45, 2.75) is 13.2 Å². The van der Waals surface area contributed by atoms with Gasteiger partial charge in [0.2, 0.25) is 0 Å². The second kappa shape index (κ2) is 5.97. The minimum absolute atomic E-state index is 0.169. The Bertz CT molecular complexity index is 566. The van der Waals surface area contributed by atoms with Crippen LogP contribution in [-0.4, -0.2) is 17.1 Å². The largest absolute Gasteiger partial charge is 0.380 e. The van der Waals surface area contributed by atoms with Gasteiger partial charge in [0, 0.05) is 19.7 Å². The highest BCUT2D eigenvalue weighted by molar-refractivity contribution is 5.35. The van der Waals surface area contributed by atoms with Crippen LogP contribution in [0.3, 0.4) is 0 Å². The molecule has 5 heteroatoms. The number of H-pyrrole nitrogens is 1. The van der Waals surface area contributed by atoms with Gasteiger partial charge in [0.1, 0.15) is 5.82 Å². The molecule has 0 amide bonds. The van der Waals surface area contributed by atoms with Crippen molar-refractivity contribution in [2.75, 3.05) is 12.4 Å². The average Bonchev–Trinajstić information content (AvgIpc) is 2.38. The fourth-order valence-corrected chi connectivity index (χ4v) is 1.68. The molecule has 94 valence electrons. The van der Waals surface area contributed by atoms with E-state index in [-0.39, 0.29) is 5.56 Å². The van der Waals surface area contributed by atoms with E-state index >= 15 is 0 Å². The zero-order valence-electron chi connectivity index (χ0n) is 10.1. The van der Waals surface area contributed by atoms with Crippen molar-refractivity contribution in [1.82, 2.24) is 9.97 Å². The lowest BCUT2D eigenvalue weighted by Gasteiger charge is -2.10.